The highest BCUT2D eigenvalue weighted by atomic mass is 16.6. The number of β-amino-alcohol motifs (C(OH)–C–C–N with tert-alkyl or cyclic N) is 1. The molecular formula is C21H22N6O3. The fourth-order valence-electron chi connectivity index (χ4n) is 4.25. The van der Waals surface area contributed by atoms with Gasteiger partial charge in [-0.15, -0.1) is 0 Å². The lowest BCUT2D eigenvalue weighted by molar-refractivity contribution is 0.171. The Morgan fingerprint density at radius 1 is 1.10 bits per heavy atom. The zero-order valence-electron chi connectivity index (χ0n) is 16.4. The van der Waals surface area contributed by atoms with Gasteiger partial charge < -0.3 is 19.9 Å². The molecule has 1 atom stereocenters. The van der Waals surface area contributed by atoms with Gasteiger partial charge in [-0.1, -0.05) is 18.2 Å². The van der Waals surface area contributed by atoms with Crippen molar-refractivity contribution in [1.29, 1.82) is 0 Å². The molecule has 3 aliphatic rings. The highest BCUT2D eigenvalue weighted by Crippen LogP contribution is 2.37. The molecule has 9 nitrogen and oxygen atoms in total. The van der Waals surface area contributed by atoms with E-state index in [9.17, 15) is 5.11 Å². The van der Waals surface area contributed by atoms with Crippen molar-refractivity contribution in [2.45, 2.75) is 6.17 Å². The van der Waals surface area contributed by atoms with Crippen LogP contribution in [0.15, 0.2) is 47.5 Å². The van der Waals surface area contributed by atoms with Crippen molar-refractivity contribution in [3.05, 3.63) is 48.0 Å². The van der Waals surface area contributed by atoms with Crippen molar-refractivity contribution >= 4 is 22.9 Å². The molecule has 2 N–H and O–H groups in total. The minimum Gasteiger partial charge on any atom is -0.486 e. The summed E-state index contributed by atoms with van der Waals surface area (Å²) >= 11 is 0. The highest BCUT2D eigenvalue weighted by molar-refractivity contribution is 5.98. The van der Waals surface area contributed by atoms with Crippen LogP contribution in [0.5, 0.6) is 11.5 Å². The van der Waals surface area contributed by atoms with Crippen LogP contribution in [-0.4, -0.2) is 65.2 Å². The monoisotopic (exact) mass is 406 g/mol. The predicted octanol–water partition coefficient (Wildman–Crippen LogP) is 1.34. The van der Waals surface area contributed by atoms with Crippen molar-refractivity contribution in [2.75, 3.05) is 44.6 Å². The molecule has 0 amide bonds. The number of rotatable bonds is 3. The molecule has 0 fully saturated rings. The third-order valence-corrected chi connectivity index (χ3v) is 5.66. The average Bonchev–Trinajstić information content (AvgIpc) is 3.19. The second-order valence-electron chi connectivity index (χ2n) is 7.53. The number of fused-ring (bicyclic) bond motifs is 6. The molecular weight excluding hydrogens is 384 g/mol. The average molecular weight is 406 g/mol. The summed E-state index contributed by atoms with van der Waals surface area (Å²) < 4.78 is 13.7. The van der Waals surface area contributed by atoms with Crippen LogP contribution in [-0.2, 0) is 0 Å². The van der Waals surface area contributed by atoms with Crippen molar-refractivity contribution in [3.8, 4) is 11.5 Å². The van der Waals surface area contributed by atoms with Crippen LogP contribution in [0.3, 0.4) is 0 Å². The van der Waals surface area contributed by atoms with Crippen molar-refractivity contribution in [2.24, 2.45) is 4.99 Å². The van der Waals surface area contributed by atoms with Gasteiger partial charge in [0, 0.05) is 6.54 Å². The van der Waals surface area contributed by atoms with Crippen LogP contribution in [0.4, 0.5) is 5.95 Å². The number of nitrogens with one attached hydrogen (secondary N) is 1. The van der Waals surface area contributed by atoms with E-state index in [0.717, 1.165) is 40.0 Å². The second-order valence-corrected chi connectivity index (χ2v) is 7.53. The van der Waals surface area contributed by atoms with Crippen LogP contribution in [0, 0.1) is 0 Å². The summed E-state index contributed by atoms with van der Waals surface area (Å²) in [4.78, 5) is 13.8. The van der Waals surface area contributed by atoms with E-state index >= 15 is 0 Å². The smallest absolute Gasteiger partial charge is 0.216 e. The van der Waals surface area contributed by atoms with E-state index in [1.165, 1.54) is 0 Å². The van der Waals surface area contributed by atoms with E-state index in [4.69, 9.17) is 19.5 Å². The summed E-state index contributed by atoms with van der Waals surface area (Å²) in [5.41, 5.74) is 3.01. The van der Waals surface area contributed by atoms with E-state index in [1.54, 1.807) is 0 Å². The van der Waals surface area contributed by atoms with E-state index in [2.05, 4.69) is 31.8 Å². The van der Waals surface area contributed by atoms with Crippen molar-refractivity contribution < 1.29 is 14.6 Å². The van der Waals surface area contributed by atoms with Crippen LogP contribution >= 0.6 is 0 Å². The van der Waals surface area contributed by atoms with Crippen LogP contribution in [0.1, 0.15) is 11.7 Å². The molecule has 1 aromatic heterocycles. The summed E-state index contributed by atoms with van der Waals surface area (Å²) in [6.45, 7) is 2.94. The molecule has 6 rings (SSSR count). The number of imidazole rings is 1. The minimum atomic E-state index is -0.178. The predicted molar refractivity (Wildman–Crippen MR) is 112 cm³/mol. The molecule has 0 saturated heterocycles. The Morgan fingerprint density at radius 3 is 2.87 bits per heavy atom. The number of hydrogen-bond donors (Lipinski definition) is 2. The molecule has 1 unspecified atom stereocenters. The Kier molecular flexibility index (Phi) is 4.03. The summed E-state index contributed by atoms with van der Waals surface area (Å²) in [6, 6.07) is 14.2. The number of nitrogens with zero attached hydrogens (tertiary/aromatic N) is 5. The fraction of sp³-hybridized carbons (Fsp3) is 0.333. The molecule has 0 aliphatic carbocycles. The number of para-hydroxylation sites is 2. The number of guanidine groups is 1. The summed E-state index contributed by atoms with van der Waals surface area (Å²) in [5.74, 6) is 3.14. The molecule has 154 valence electrons. The lowest BCUT2D eigenvalue weighted by Crippen LogP contribution is -2.57. The van der Waals surface area contributed by atoms with E-state index in [0.29, 0.717) is 33.1 Å². The third-order valence-electron chi connectivity index (χ3n) is 5.66. The van der Waals surface area contributed by atoms with Gasteiger partial charge in [0.1, 0.15) is 19.4 Å². The summed E-state index contributed by atoms with van der Waals surface area (Å²) in [7, 11) is 0. The zero-order chi connectivity index (χ0) is 20.1. The molecule has 9 heteroatoms. The molecule has 2 aromatic carbocycles. The number of aliphatic imine (C=N–C) groups is 1. The maximum atomic E-state index is 9.34. The number of anilines is 1. The molecule has 3 aliphatic heterocycles. The number of benzene rings is 2. The summed E-state index contributed by atoms with van der Waals surface area (Å²) in [6.07, 6.45) is -0.178. The Morgan fingerprint density at radius 2 is 1.97 bits per heavy atom. The number of aromatic nitrogens is 2. The second kappa shape index (κ2) is 6.89. The van der Waals surface area contributed by atoms with Crippen molar-refractivity contribution in [3.63, 3.8) is 0 Å². The lowest BCUT2D eigenvalue weighted by atomic mass is 10.1. The molecule has 0 radical (unpaired) electrons. The van der Waals surface area contributed by atoms with Crippen molar-refractivity contribution in [1.82, 2.24) is 19.8 Å². The first-order valence-corrected chi connectivity index (χ1v) is 10.1. The third kappa shape index (κ3) is 2.70. The topological polar surface area (TPSA) is 87.4 Å². The minimum absolute atomic E-state index is 0.0996. The molecule has 3 aromatic rings. The number of ether oxygens (including phenoxy) is 2. The Bertz CT molecular complexity index is 1140. The molecule has 0 spiro atoms. The van der Waals surface area contributed by atoms with E-state index in [1.807, 2.05) is 30.3 Å². The van der Waals surface area contributed by atoms with Crippen LogP contribution in [0.25, 0.3) is 11.0 Å². The largest absolute Gasteiger partial charge is 0.486 e. The fourth-order valence-corrected chi connectivity index (χ4v) is 4.25. The number of aliphatic hydroxyl groups excluding tert-OH is 1. The quantitative estimate of drug-likeness (QED) is 0.679. The Balaban J connectivity index is 1.49. The molecule has 30 heavy (non-hydrogen) atoms. The van der Waals surface area contributed by atoms with Gasteiger partial charge >= 0.3 is 0 Å². The van der Waals surface area contributed by atoms with Gasteiger partial charge in [-0.3, -0.25) is 14.4 Å². The van der Waals surface area contributed by atoms with Gasteiger partial charge in [-0.2, -0.15) is 0 Å². The molecule has 4 heterocycles. The van der Waals surface area contributed by atoms with Gasteiger partial charge in [0.15, 0.2) is 11.5 Å². The summed E-state index contributed by atoms with van der Waals surface area (Å²) in [5, 5.41) is 12.9. The maximum Gasteiger partial charge on any atom is 0.216 e. The van der Waals surface area contributed by atoms with Gasteiger partial charge in [-0.05, 0) is 29.8 Å². The Labute approximate surface area is 173 Å². The van der Waals surface area contributed by atoms with Crippen LogP contribution in [0.2, 0.25) is 0 Å². The van der Waals surface area contributed by atoms with Gasteiger partial charge in [0.25, 0.3) is 0 Å². The van der Waals surface area contributed by atoms with Crippen LogP contribution < -0.4 is 19.7 Å². The van der Waals surface area contributed by atoms with E-state index in [-0.39, 0.29) is 12.8 Å². The van der Waals surface area contributed by atoms with Gasteiger partial charge in [0.2, 0.25) is 11.9 Å². The lowest BCUT2D eigenvalue weighted by Gasteiger charge is -2.41. The molecule has 0 bridgehead atoms. The number of hydrogen-bond acceptors (Lipinski definition) is 8. The Hall–Kier alpha value is -3.30. The SMILES string of the molecule is OCCN1CN=C2NC(c3ccc4c(c3)OCCO4)n3c(nc4ccccc43)N2C1. The molecule has 0 saturated carbocycles. The zero-order valence-corrected chi connectivity index (χ0v) is 16.4. The first-order valence-electron chi connectivity index (χ1n) is 10.1. The maximum absolute atomic E-state index is 9.34. The number of aliphatic hydroxyl groups is 1. The van der Waals surface area contributed by atoms with E-state index < -0.39 is 0 Å². The first-order chi connectivity index (χ1) is 14.8. The first kappa shape index (κ1) is 17.5. The standard InChI is InChI=1S/C21H22N6O3/c28-8-7-25-12-22-20-24-19(14-5-6-17-18(11-14)30-10-9-29-17)27-16-4-2-1-3-15(16)23-21(27)26(20)13-25/h1-6,11,19,28H,7-10,12-13H2,(H,22,24). The van der Waals surface area contributed by atoms with Gasteiger partial charge in [-0.25, -0.2) is 9.98 Å². The highest BCUT2D eigenvalue weighted by Gasteiger charge is 2.36. The van der Waals surface area contributed by atoms with Gasteiger partial charge in [0.05, 0.1) is 31.0 Å². The normalized spacial score (nSPS) is 20.4.